The summed E-state index contributed by atoms with van der Waals surface area (Å²) in [6.45, 7) is 7.25. The molecule has 0 aliphatic carbocycles. The fraction of sp³-hybridized carbons (Fsp3) is 0.273. The maximum atomic E-state index is 4.38. The lowest BCUT2D eigenvalue weighted by molar-refractivity contribution is 0.682. The van der Waals surface area contributed by atoms with Gasteiger partial charge in [0, 0.05) is 36.4 Å². The molecular weight excluding hydrogens is 220 g/mol. The molecule has 0 bridgehead atoms. The number of nitrogens with zero attached hydrogens (tertiary/aromatic N) is 3. The van der Waals surface area contributed by atoms with Crippen molar-refractivity contribution >= 4 is 17.5 Å². The molecule has 0 unspecified atom stereocenters. The molecule has 2 heterocycles. The Morgan fingerprint density at radius 2 is 2.44 bits per heavy atom. The van der Waals surface area contributed by atoms with E-state index in [1.165, 1.54) is 0 Å². The quantitative estimate of drug-likeness (QED) is 0.861. The van der Waals surface area contributed by atoms with E-state index in [-0.39, 0.29) is 0 Å². The topological polar surface area (TPSA) is 42.7 Å². The Kier molecular flexibility index (Phi) is 3.48. The van der Waals surface area contributed by atoms with E-state index in [0.717, 1.165) is 29.4 Å². The van der Waals surface area contributed by atoms with E-state index in [1.54, 1.807) is 22.2 Å². The molecule has 0 saturated heterocycles. The van der Waals surface area contributed by atoms with Gasteiger partial charge in [-0.05, 0) is 6.92 Å². The highest BCUT2D eigenvalue weighted by Crippen LogP contribution is 2.07. The molecule has 0 atom stereocenters. The fourth-order valence-electron chi connectivity index (χ4n) is 1.39. The van der Waals surface area contributed by atoms with Gasteiger partial charge in [-0.1, -0.05) is 6.58 Å². The summed E-state index contributed by atoms with van der Waals surface area (Å²) in [5.74, 6) is 0. The number of aryl methyl sites for hydroxylation is 1. The minimum Gasteiger partial charge on any atom is -0.307 e. The Bertz CT molecular complexity index is 472. The molecule has 4 nitrogen and oxygen atoms in total. The van der Waals surface area contributed by atoms with Gasteiger partial charge in [0.15, 0.2) is 0 Å². The summed E-state index contributed by atoms with van der Waals surface area (Å²) in [7, 11) is 0. The van der Waals surface area contributed by atoms with Gasteiger partial charge in [-0.25, -0.2) is 9.67 Å². The van der Waals surface area contributed by atoms with Crippen LogP contribution in [0.3, 0.4) is 0 Å². The molecule has 1 N–H and O–H groups in total. The minimum atomic E-state index is 0.795. The van der Waals surface area contributed by atoms with E-state index in [9.17, 15) is 0 Å². The smallest absolute Gasteiger partial charge is 0.0897 e. The second-order valence-electron chi connectivity index (χ2n) is 3.47. The third-order valence-electron chi connectivity index (χ3n) is 2.14. The van der Waals surface area contributed by atoms with Crippen molar-refractivity contribution in [2.75, 3.05) is 0 Å². The monoisotopic (exact) mass is 234 g/mol. The Labute approximate surface area is 98.6 Å². The van der Waals surface area contributed by atoms with Crippen LogP contribution in [0, 0.1) is 6.92 Å². The van der Waals surface area contributed by atoms with E-state index in [4.69, 9.17) is 0 Å². The first-order chi connectivity index (χ1) is 7.78. The molecule has 0 spiro atoms. The minimum absolute atomic E-state index is 0.795. The third kappa shape index (κ3) is 2.77. The normalized spacial score (nSPS) is 10.6. The van der Waals surface area contributed by atoms with Crippen molar-refractivity contribution in [1.82, 2.24) is 20.1 Å². The number of thiazole rings is 1. The van der Waals surface area contributed by atoms with Crippen LogP contribution in [0.2, 0.25) is 0 Å². The standard InChI is InChI=1S/C11H14N4S/c1-3-15-7-10(5-13-15)4-12-6-11-8-16-9(2)14-11/h3,5,7-8,12H,1,4,6H2,2H3. The van der Waals surface area contributed by atoms with Crippen molar-refractivity contribution in [3.05, 3.63) is 40.6 Å². The highest BCUT2D eigenvalue weighted by Gasteiger charge is 1.99. The Hall–Kier alpha value is -1.46. The Balaban J connectivity index is 1.81. The van der Waals surface area contributed by atoms with Crippen molar-refractivity contribution in [2.45, 2.75) is 20.0 Å². The van der Waals surface area contributed by atoms with Crippen LogP contribution in [-0.2, 0) is 13.1 Å². The summed E-state index contributed by atoms with van der Waals surface area (Å²) < 4.78 is 1.70. The van der Waals surface area contributed by atoms with E-state index in [2.05, 4.69) is 27.4 Å². The van der Waals surface area contributed by atoms with Crippen LogP contribution in [-0.4, -0.2) is 14.8 Å². The van der Waals surface area contributed by atoms with Gasteiger partial charge in [-0.15, -0.1) is 11.3 Å². The molecule has 2 aromatic heterocycles. The Morgan fingerprint density at radius 3 is 3.06 bits per heavy atom. The van der Waals surface area contributed by atoms with Crippen molar-refractivity contribution < 1.29 is 0 Å². The molecule has 0 aliphatic heterocycles. The predicted molar refractivity (Wildman–Crippen MR) is 66.0 cm³/mol. The molecule has 0 amide bonds. The second kappa shape index (κ2) is 5.05. The lowest BCUT2D eigenvalue weighted by Crippen LogP contribution is -2.12. The number of hydrogen-bond donors (Lipinski definition) is 1. The molecule has 2 rings (SSSR count). The molecule has 0 aromatic carbocycles. The molecular formula is C11H14N4S. The zero-order chi connectivity index (χ0) is 11.4. The molecule has 2 aromatic rings. The second-order valence-corrected chi connectivity index (χ2v) is 4.53. The maximum absolute atomic E-state index is 4.38. The van der Waals surface area contributed by atoms with Gasteiger partial charge in [-0.3, -0.25) is 0 Å². The van der Waals surface area contributed by atoms with Crippen LogP contribution in [0.15, 0.2) is 24.4 Å². The largest absolute Gasteiger partial charge is 0.307 e. The predicted octanol–water partition coefficient (Wildman–Crippen LogP) is 2.04. The maximum Gasteiger partial charge on any atom is 0.0897 e. The molecule has 16 heavy (non-hydrogen) atoms. The molecule has 0 saturated carbocycles. The number of aromatic nitrogens is 3. The number of nitrogens with one attached hydrogen (secondary N) is 1. The third-order valence-corrected chi connectivity index (χ3v) is 2.97. The van der Waals surface area contributed by atoms with Crippen LogP contribution < -0.4 is 5.32 Å². The average molecular weight is 234 g/mol. The SMILES string of the molecule is C=Cn1cc(CNCc2csc(C)n2)cn1. The molecule has 0 radical (unpaired) electrons. The van der Waals surface area contributed by atoms with Gasteiger partial charge in [0.1, 0.15) is 0 Å². The summed E-state index contributed by atoms with van der Waals surface area (Å²) in [6.07, 6.45) is 5.46. The molecule has 84 valence electrons. The fourth-order valence-corrected chi connectivity index (χ4v) is 2.01. The van der Waals surface area contributed by atoms with Gasteiger partial charge in [0.25, 0.3) is 0 Å². The Morgan fingerprint density at radius 1 is 1.56 bits per heavy atom. The van der Waals surface area contributed by atoms with Gasteiger partial charge in [0.2, 0.25) is 0 Å². The van der Waals surface area contributed by atoms with Gasteiger partial charge in [0.05, 0.1) is 16.9 Å². The lowest BCUT2D eigenvalue weighted by atomic mass is 10.3. The van der Waals surface area contributed by atoms with E-state index in [1.807, 2.05) is 19.3 Å². The van der Waals surface area contributed by atoms with Crippen molar-refractivity contribution in [2.24, 2.45) is 0 Å². The number of rotatable bonds is 5. The first-order valence-corrected chi connectivity index (χ1v) is 5.93. The lowest BCUT2D eigenvalue weighted by Gasteiger charge is -1.99. The van der Waals surface area contributed by atoms with Gasteiger partial charge in [-0.2, -0.15) is 5.10 Å². The van der Waals surface area contributed by atoms with Crippen molar-refractivity contribution in [1.29, 1.82) is 0 Å². The van der Waals surface area contributed by atoms with E-state index >= 15 is 0 Å². The highest BCUT2D eigenvalue weighted by molar-refractivity contribution is 7.09. The van der Waals surface area contributed by atoms with Crippen LogP contribution in [0.5, 0.6) is 0 Å². The first kappa shape index (κ1) is 11.0. The molecule has 5 heteroatoms. The zero-order valence-corrected chi connectivity index (χ0v) is 10.00. The summed E-state index contributed by atoms with van der Waals surface area (Å²) in [5.41, 5.74) is 2.24. The first-order valence-electron chi connectivity index (χ1n) is 5.05. The molecule has 0 fully saturated rings. The van der Waals surface area contributed by atoms with E-state index < -0.39 is 0 Å². The van der Waals surface area contributed by atoms with Crippen molar-refractivity contribution in [3.63, 3.8) is 0 Å². The highest BCUT2D eigenvalue weighted by atomic mass is 32.1. The summed E-state index contributed by atoms with van der Waals surface area (Å²) in [6, 6.07) is 0. The van der Waals surface area contributed by atoms with Crippen molar-refractivity contribution in [3.8, 4) is 0 Å². The molecule has 0 aliphatic rings. The zero-order valence-electron chi connectivity index (χ0n) is 9.18. The number of hydrogen-bond acceptors (Lipinski definition) is 4. The average Bonchev–Trinajstić information content (AvgIpc) is 2.88. The van der Waals surface area contributed by atoms with Crippen LogP contribution in [0.25, 0.3) is 6.20 Å². The summed E-state index contributed by atoms with van der Waals surface area (Å²) in [4.78, 5) is 4.38. The van der Waals surface area contributed by atoms with Gasteiger partial charge < -0.3 is 5.32 Å². The van der Waals surface area contributed by atoms with Gasteiger partial charge >= 0.3 is 0 Å². The van der Waals surface area contributed by atoms with Crippen LogP contribution in [0.1, 0.15) is 16.3 Å². The summed E-state index contributed by atoms with van der Waals surface area (Å²) >= 11 is 1.68. The van der Waals surface area contributed by atoms with E-state index in [0.29, 0.717) is 0 Å². The van der Waals surface area contributed by atoms with Crippen LogP contribution >= 0.6 is 11.3 Å². The summed E-state index contributed by atoms with van der Waals surface area (Å²) in [5, 5.41) is 10.6. The van der Waals surface area contributed by atoms with Crippen LogP contribution in [0.4, 0.5) is 0 Å².